The number of ether oxygens (including phenoxy) is 4. The fourth-order valence-corrected chi connectivity index (χ4v) is 4.27. The van der Waals surface area contributed by atoms with Crippen LogP contribution in [0.5, 0.6) is 23.0 Å². The Kier molecular flexibility index (Phi) is 5.50. The molecule has 0 spiro atoms. The Morgan fingerprint density at radius 1 is 1.10 bits per heavy atom. The number of hydrogen-bond donors (Lipinski definition) is 1. The van der Waals surface area contributed by atoms with Crippen LogP contribution in [-0.4, -0.2) is 40.4 Å². The third kappa shape index (κ3) is 4.48. The summed E-state index contributed by atoms with van der Waals surface area (Å²) in [6.45, 7) is 5.00. The van der Waals surface area contributed by atoms with E-state index < -0.39 is 10.0 Å². The summed E-state index contributed by atoms with van der Waals surface area (Å²) in [4.78, 5) is 0.101. The highest BCUT2D eigenvalue weighted by Crippen LogP contribution is 2.41. The maximum absolute atomic E-state index is 12.4. The van der Waals surface area contributed by atoms with Crippen molar-refractivity contribution in [2.75, 3.05) is 26.4 Å². The van der Waals surface area contributed by atoms with Crippen molar-refractivity contribution < 1.29 is 27.4 Å². The summed E-state index contributed by atoms with van der Waals surface area (Å²) < 4.78 is 49.8. The molecule has 8 heteroatoms. The van der Waals surface area contributed by atoms with E-state index >= 15 is 0 Å². The van der Waals surface area contributed by atoms with Crippen molar-refractivity contribution in [3.63, 3.8) is 0 Å². The first-order valence-electron chi connectivity index (χ1n) is 9.63. The molecule has 7 nitrogen and oxygen atoms in total. The van der Waals surface area contributed by atoms with E-state index in [1.165, 1.54) is 12.1 Å². The Morgan fingerprint density at radius 2 is 1.90 bits per heavy atom. The second-order valence-electron chi connectivity index (χ2n) is 7.56. The summed E-state index contributed by atoms with van der Waals surface area (Å²) in [5, 5.41) is 0. The van der Waals surface area contributed by atoms with E-state index in [0.717, 1.165) is 17.7 Å². The largest absolute Gasteiger partial charge is 0.486 e. The summed E-state index contributed by atoms with van der Waals surface area (Å²) in [7, 11) is -3.70. The van der Waals surface area contributed by atoms with Crippen molar-refractivity contribution in [1.82, 2.24) is 4.72 Å². The van der Waals surface area contributed by atoms with Gasteiger partial charge in [-0.15, -0.1) is 0 Å². The number of para-hydroxylation sites is 1. The molecular formula is C22H23NO6S. The average Bonchev–Trinajstić information content (AvgIpc) is 3.04. The number of nitrogens with one attached hydrogen (secondary N) is 1. The molecule has 2 aliphatic heterocycles. The second kappa shape index (κ2) is 8.09. The van der Waals surface area contributed by atoms with E-state index in [1.807, 2.05) is 32.0 Å². The number of hydrogen-bond acceptors (Lipinski definition) is 6. The lowest BCUT2D eigenvalue weighted by Crippen LogP contribution is -2.24. The molecule has 0 fully saturated rings. The van der Waals surface area contributed by atoms with Crippen LogP contribution in [0, 0.1) is 11.8 Å². The predicted octanol–water partition coefficient (Wildman–Crippen LogP) is 2.53. The predicted molar refractivity (Wildman–Crippen MR) is 111 cm³/mol. The number of benzene rings is 2. The molecule has 0 saturated carbocycles. The summed E-state index contributed by atoms with van der Waals surface area (Å²) in [5.41, 5.74) is 0.859. The molecule has 0 atom stereocenters. The van der Waals surface area contributed by atoms with E-state index in [2.05, 4.69) is 16.6 Å². The van der Waals surface area contributed by atoms with Crippen LogP contribution in [0.15, 0.2) is 41.3 Å². The number of rotatable bonds is 5. The Labute approximate surface area is 176 Å². The highest BCUT2D eigenvalue weighted by Gasteiger charge is 2.32. The third-order valence-corrected chi connectivity index (χ3v) is 6.05. The maximum atomic E-state index is 12.4. The standard InChI is InChI=1S/C22H23NO6S/c1-22(2)15-16-6-5-7-19(21(16)29-22)26-11-4-3-10-23-30(24,25)17-8-9-18-20(14-17)28-13-12-27-18/h5-9,14,23H,10-13,15H2,1-2H3. The molecule has 158 valence electrons. The SMILES string of the molecule is CC1(C)Cc2cccc(OCC#CCNS(=O)(=O)c3ccc4c(c3)OCCO4)c2O1. The first-order valence-corrected chi connectivity index (χ1v) is 11.1. The molecular weight excluding hydrogens is 406 g/mol. The van der Waals surface area contributed by atoms with Crippen molar-refractivity contribution in [3.05, 3.63) is 42.0 Å². The Bertz CT molecular complexity index is 1110. The van der Waals surface area contributed by atoms with E-state index in [9.17, 15) is 8.42 Å². The molecule has 0 unspecified atom stereocenters. The molecule has 0 saturated heterocycles. The number of sulfonamides is 1. The first kappa shape index (κ1) is 20.4. The lowest BCUT2D eigenvalue weighted by atomic mass is 10.0. The highest BCUT2D eigenvalue weighted by atomic mass is 32.2. The van der Waals surface area contributed by atoms with Crippen molar-refractivity contribution >= 4 is 10.0 Å². The monoisotopic (exact) mass is 429 g/mol. The van der Waals surface area contributed by atoms with Crippen molar-refractivity contribution in [2.45, 2.75) is 30.8 Å². The maximum Gasteiger partial charge on any atom is 0.241 e. The van der Waals surface area contributed by atoms with Gasteiger partial charge < -0.3 is 18.9 Å². The zero-order valence-corrected chi connectivity index (χ0v) is 17.7. The topological polar surface area (TPSA) is 83.1 Å². The van der Waals surface area contributed by atoms with Gasteiger partial charge in [-0.3, -0.25) is 0 Å². The molecule has 4 rings (SSSR count). The van der Waals surface area contributed by atoms with Gasteiger partial charge >= 0.3 is 0 Å². The molecule has 1 N–H and O–H groups in total. The van der Waals surface area contributed by atoms with Gasteiger partial charge in [-0.25, -0.2) is 8.42 Å². The van der Waals surface area contributed by atoms with Crippen LogP contribution in [-0.2, 0) is 16.4 Å². The van der Waals surface area contributed by atoms with Crippen LogP contribution >= 0.6 is 0 Å². The zero-order valence-electron chi connectivity index (χ0n) is 16.9. The molecule has 2 heterocycles. The van der Waals surface area contributed by atoms with Gasteiger partial charge in [0.1, 0.15) is 25.4 Å². The van der Waals surface area contributed by atoms with Crippen LogP contribution in [0.2, 0.25) is 0 Å². The van der Waals surface area contributed by atoms with Gasteiger partial charge in [0, 0.05) is 18.1 Å². The van der Waals surface area contributed by atoms with Gasteiger partial charge in [-0.1, -0.05) is 24.0 Å². The van der Waals surface area contributed by atoms with Crippen LogP contribution < -0.4 is 23.7 Å². The van der Waals surface area contributed by atoms with Crippen LogP contribution in [0.3, 0.4) is 0 Å². The minimum absolute atomic E-state index is 0.0312. The van der Waals surface area contributed by atoms with Crippen LogP contribution in [0.4, 0.5) is 0 Å². The Balaban J connectivity index is 1.32. The normalized spacial score (nSPS) is 16.1. The second-order valence-corrected chi connectivity index (χ2v) is 9.32. The van der Waals surface area contributed by atoms with E-state index in [1.54, 1.807) is 6.07 Å². The fourth-order valence-electron chi connectivity index (χ4n) is 3.33. The molecule has 0 aromatic heterocycles. The summed E-state index contributed by atoms with van der Waals surface area (Å²) in [5.74, 6) is 7.94. The lowest BCUT2D eigenvalue weighted by molar-refractivity contribution is 0.133. The van der Waals surface area contributed by atoms with Gasteiger partial charge in [-0.2, -0.15) is 4.72 Å². The number of fused-ring (bicyclic) bond motifs is 2. The van der Waals surface area contributed by atoms with Crippen molar-refractivity contribution in [1.29, 1.82) is 0 Å². The van der Waals surface area contributed by atoms with E-state index in [0.29, 0.717) is 30.5 Å². The zero-order chi connectivity index (χ0) is 21.2. The smallest absolute Gasteiger partial charge is 0.241 e. The average molecular weight is 429 g/mol. The van der Waals surface area contributed by atoms with Gasteiger partial charge in [-0.05, 0) is 32.0 Å². The molecule has 0 radical (unpaired) electrons. The van der Waals surface area contributed by atoms with Gasteiger partial charge in [0.05, 0.1) is 11.4 Å². The minimum Gasteiger partial charge on any atom is -0.486 e. The van der Waals surface area contributed by atoms with E-state index in [-0.39, 0.29) is 23.6 Å². The molecule has 0 aliphatic carbocycles. The highest BCUT2D eigenvalue weighted by molar-refractivity contribution is 7.89. The van der Waals surface area contributed by atoms with Gasteiger partial charge in [0.25, 0.3) is 0 Å². The summed E-state index contributed by atoms with van der Waals surface area (Å²) in [6.07, 6.45) is 0.826. The van der Waals surface area contributed by atoms with Gasteiger partial charge in [0.2, 0.25) is 10.0 Å². The van der Waals surface area contributed by atoms with Crippen molar-refractivity contribution in [2.24, 2.45) is 0 Å². The molecule has 0 bridgehead atoms. The Hall–Kier alpha value is -2.89. The van der Waals surface area contributed by atoms with E-state index in [4.69, 9.17) is 18.9 Å². The quantitative estimate of drug-likeness (QED) is 0.736. The summed E-state index contributed by atoms with van der Waals surface area (Å²) in [6, 6.07) is 10.3. The molecule has 2 aromatic carbocycles. The minimum atomic E-state index is -3.70. The van der Waals surface area contributed by atoms with Gasteiger partial charge in [0.15, 0.2) is 23.0 Å². The summed E-state index contributed by atoms with van der Waals surface area (Å²) >= 11 is 0. The van der Waals surface area contributed by atoms with Crippen LogP contribution in [0.25, 0.3) is 0 Å². The molecule has 2 aliphatic rings. The molecule has 30 heavy (non-hydrogen) atoms. The third-order valence-electron chi connectivity index (χ3n) is 4.65. The first-order chi connectivity index (χ1) is 14.3. The van der Waals surface area contributed by atoms with Crippen molar-refractivity contribution in [3.8, 4) is 34.8 Å². The Morgan fingerprint density at radius 3 is 2.73 bits per heavy atom. The van der Waals surface area contributed by atoms with Crippen LogP contribution in [0.1, 0.15) is 19.4 Å². The molecule has 0 amide bonds. The lowest BCUT2D eigenvalue weighted by Gasteiger charge is -2.18. The fraction of sp³-hybridized carbons (Fsp3) is 0.364. The molecule has 2 aromatic rings.